The Kier molecular flexibility index (Phi) is 7.14. The maximum absolute atomic E-state index is 13.6. The molecule has 34 heavy (non-hydrogen) atoms. The average molecular weight is 495 g/mol. The van der Waals surface area contributed by atoms with Crippen molar-refractivity contribution in [3.8, 4) is 5.75 Å². The molecule has 8 heteroatoms. The van der Waals surface area contributed by atoms with Crippen LogP contribution in [0.4, 0.5) is 0 Å². The van der Waals surface area contributed by atoms with Crippen LogP contribution < -0.4 is 19.6 Å². The van der Waals surface area contributed by atoms with Crippen LogP contribution in [0.15, 0.2) is 82.2 Å². The predicted octanol–water partition coefficient (Wildman–Crippen LogP) is 4.02. The Bertz CT molecular complexity index is 1430. The topological polar surface area (TPSA) is 69.9 Å². The predicted molar refractivity (Wildman–Crippen MR) is 134 cm³/mol. The van der Waals surface area contributed by atoms with Gasteiger partial charge in [-0.1, -0.05) is 59.9 Å². The van der Waals surface area contributed by atoms with Gasteiger partial charge in [-0.15, -0.1) is 0 Å². The third kappa shape index (κ3) is 4.76. The number of hydrogen-bond donors (Lipinski definition) is 0. The Morgan fingerprint density at radius 1 is 1.21 bits per heavy atom. The second kappa shape index (κ2) is 10.2. The van der Waals surface area contributed by atoms with E-state index < -0.39 is 12.0 Å². The lowest BCUT2D eigenvalue weighted by atomic mass is 9.96. The lowest BCUT2D eigenvalue weighted by molar-refractivity contribution is -0.139. The molecule has 1 atom stereocenters. The highest BCUT2D eigenvalue weighted by Crippen LogP contribution is 2.31. The first-order valence-electron chi connectivity index (χ1n) is 10.7. The maximum Gasteiger partial charge on any atom is 0.338 e. The van der Waals surface area contributed by atoms with E-state index in [0.717, 1.165) is 16.9 Å². The van der Waals surface area contributed by atoms with Crippen molar-refractivity contribution in [2.45, 2.75) is 19.9 Å². The SMILES string of the molecule is C=CCOc1ccc(C=c2sc3n(c2=O)C(c2ccc(Cl)cc2)C(C(=O)OCC)=C(C)N=3)cc1. The van der Waals surface area contributed by atoms with Crippen LogP contribution in [-0.4, -0.2) is 23.8 Å². The summed E-state index contributed by atoms with van der Waals surface area (Å²) >= 11 is 7.36. The van der Waals surface area contributed by atoms with Crippen molar-refractivity contribution in [2.24, 2.45) is 4.99 Å². The molecule has 1 aliphatic rings. The highest BCUT2D eigenvalue weighted by atomic mass is 35.5. The van der Waals surface area contributed by atoms with Crippen LogP contribution in [0.5, 0.6) is 5.75 Å². The third-order valence-corrected chi connectivity index (χ3v) is 6.48. The molecule has 6 nitrogen and oxygen atoms in total. The van der Waals surface area contributed by atoms with E-state index in [1.165, 1.54) is 11.3 Å². The van der Waals surface area contributed by atoms with Crippen LogP contribution >= 0.6 is 22.9 Å². The van der Waals surface area contributed by atoms with Gasteiger partial charge in [-0.25, -0.2) is 9.79 Å². The first-order valence-corrected chi connectivity index (χ1v) is 11.9. The van der Waals surface area contributed by atoms with Gasteiger partial charge in [0.15, 0.2) is 4.80 Å². The summed E-state index contributed by atoms with van der Waals surface area (Å²) in [6.07, 6.45) is 3.49. The Morgan fingerprint density at radius 2 is 1.91 bits per heavy atom. The summed E-state index contributed by atoms with van der Waals surface area (Å²) < 4.78 is 12.9. The van der Waals surface area contributed by atoms with E-state index in [1.807, 2.05) is 42.5 Å². The number of hydrogen-bond acceptors (Lipinski definition) is 6. The van der Waals surface area contributed by atoms with Gasteiger partial charge in [0.2, 0.25) is 0 Å². The molecule has 0 spiro atoms. The van der Waals surface area contributed by atoms with E-state index in [0.29, 0.717) is 32.2 Å². The first-order chi connectivity index (χ1) is 16.4. The molecule has 1 aromatic heterocycles. The number of nitrogens with zero attached hydrogens (tertiary/aromatic N) is 2. The molecule has 0 radical (unpaired) electrons. The molecule has 0 N–H and O–H groups in total. The van der Waals surface area contributed by atoms with Crippen molar-refractivity contribution in [1.29, 1.82) is 0 Å². The number of carbonyl (C=O) groups is 1. The third-order valence-electron chi connectivity index (χ3n) is 5.25. The minimum atomic E-state index is -0.663. The molecule has 4 rings (SSSR count). The molecule has 0 fully saturated rings. The summed E-state index contributed by atoms with van der Waals surface area (Å²) in [4.78, 5) is 31.5. The van der Waals surface area contributed by atoms with E-state index in [4.69, 9.17) is 21.1 Å². The van der Waals surface area contributed by atoms with Crippen LogP contribution in [0.3, 0.4) is 0 Å². The number of allylic oxidation sites excluding steroid dienone is 1. The fraction of sp³-hybridized carbons (Fsp3) is 0.192. The molecular weight excluding hydrogens is 472 g/mol. The molecule has 2 aromatic carbocycles. The monoisotopic (exact) mass is 494 g/mol. The Hall–Kier alpha value is -3.42. The molecule has 1 aliphatic heterocycles. The number of benzene rings is 2. The van der Waals surface area contributed by atoms with Crippen molar-refractivity contribution < 1.29 is 14.3 Å². The minimum Gasteiger partial charge on any atom is -0.490 e. The van der Waals surface area contributed by atoms with Gasteiger partial charge in [-0.3, -0.25) is 9.36 Å². The van der Waals surface area contributed by atoms with Crippen LogP contribution in [-0.2, 0) is 9.53 Å². The summed E-state index contributed by atoms with van der Waals surface area (Å²) in [7, 11) is 0. The number of fused-ring (bicyclic) bond motifs is 1. The second-order valence-electron chi connectivity index (χ2n) is 7.52. The van der Waals surface area contributed by atoms with Crippen LogP contribution in [0.1, 0.15) is 31.0 Å². The zero-order valence-corrected chi connectivity index (χ0v) is 20.4. The molecule has 0 amide bonds. The normalized spacial score (nSPS) is 15.5. The highest BCUT2D eigenvalue weighted by Gasteiger charge is 2.33. The molecule has 2 heterocycles. The van der Waals surface area contributed by atoms with E-state index >= 15 is 0 Å². The molecule has 1 unspecified atom stereocenters. The summed E-state index contributed by atoms with van der Waals surface area (Å²) in [6, 6.07) is 13.9. The van der Waals surface area contributed by atoms with Crippen molar-refractivity contribution in [1.82, 2.24) is 4.57 Å². The van der Waals surface area contributed by atoms with Crippen LogP contribution in [0.25, 0.3) is 6.08 Å². The number of rotatable bonds is 7. The quantitative estimate of drug-likeness (QED) is 0.367. The average Bonchev–Trinajstić information content (AvgIpc) is 3.12. The van der Waals surface area contributed by atoms with Gasteiger partial charge >= 0.3 is 5.97 Å². The zero-order chi connectivity index (χ0) is 24.2. The van der Waals surface area contributed by atoms with Gasteiger partial charge in [0, 0.05) is 5.02 Å². The lowest BCUT2D eigenvalue weighted by Crippen LogP contribution is -2.39. The molecule has 0 saturated heterocycles. The standard InChI is InChI=1S/C26H23ClN2O4S/c1-4-14-33-20-12-6-17(7-13-20)15-21-24(30)29-23(18-8-10-19(27)11-9-18)22(25(31)32-5-2)16(3)28-26(29)34-21/h4,6-13,15,23H,1,5,14H2,2-3H3. The number of esters is 1. The Balaban J connectivity index is 1.84. The smallest absolute Gasteiger partial charge is 0.338 e. The lowest BCUT2D eigenvalue weighted by Gasteiger charge is -2.24. The summed E-state index contributed by atoms with van der Waals surface area (Å²) in [5, 5.41) is 0.565. The number of ether oxygens (including phenoxy) is 2. The fourth-order valence-corrected chi connectivity index (χ4v) is 4.89. The van der Waals surface area contributed by atoms with Gasteiger partial charge in [-0.2, -0.15) is 0 Å². The van der Waals surface area contributed by atoms with E-state index in [-0.39, 0.29) is 12.2 Å². The second-order valence-corrected chi connectivity index (χ2v) is 8.97. The molecule has 0 saturated carbocycles. The van der Waals surface area contributed by atoms with Gasteiger partial charge in [0.25, 0.3) is 5.56 Å². The Morgan fingerprint density at radius 3 is 2.56 bits per heavy atom. The highest BCUT2D eigenvalue weighted by molar-refractivity contribution is 7.07. The maximum atomic E-state index is 13.6. The van der Waals surface area contributed by atoms with E-state index in [9.17, 15) is 9.59 Å². The fourth-order valence-electron chi connectivity index (χ4n) is 3.72. The first kappa shape index (κ1) is 23.7. The van der Waals surface area contributed by atoms with Crippen LogP contribution in [0.2, 0.25) is 5.02 Å². The van der Waals surface area contributed by atoms with Crippen LogP contribution in [0, 0.1) is 0 Å². The summed E-state index contributed by atoms with van der Waals surface area (Å²) in [5.74, 6) is 0.226. The van der Waals surface area contributed by atoms with E-state index in [1.54, 1.807) is 36.6 Å². The Labute approximate surface area is 205 Å². The van der Waals surface area contributed by atoms with Crippen molar-refractivity contribution >= 4 is 35.0 Å². The van der Waals surface area contributed by atoms with Gasteiger partial charge in [0.1, 0.15) is 12.4 Å². The summed E-state index contributed by atoms with van der Waals surface area (Å²) in [5.41, 5.74) is 2.23. The summed E-state index contributed by atoms with van der Waals surface area (Å²) in [6.45, 7) is 7.79. The number of thiazole rings is 1. The minimum absolute atomic E-state index is 0.222. The zero-order valence-electron chi connectivity index (χ0n) is 18.8. The largest absolute Gasteiger partial charge is 0.490 e. The van der Waals surface area contributed by atoms with Gasteiger partial charge in [-0.05, 0) is 55.3 Å². The number of halogens is 1. The van der Waals surface area contributed by atoms with Gasteiger partial charge < -0.3 is 9.47 Å². The molecule has 0 aliphatic carbocycles. The molecule has 0 bridgehead atoms. The number of aromatic nitrogens is 1. The molecular formula is C26H23ClN2O4S. The van der Waals surface area contributed by atoms with Crippen molar-refractivity contribution in [3.63, 3.8) is 0 Å². The van der Waals surface area contributed by atoms with Gasteiger partial charge in [0.05, 0.1) is 28.5 Å². The molecule has 174 valence electrons. The number of carbonyl (C=O) groups excluding carboxylic acids is 1. The van der Waals surface area contributed by atoms with E-state index in [2.05, 4.69) is 11.6 Å². The van der Waals surface area contributed by atoms with Crippen molar-refractivity contribution in [3.05, 3.63) is 108 Å². The van der Waals surface area contributed by atoms with Crippen molar-refractivity contribution in [2.75, 3.05) is 13.2 Å². The molecule has 3 aromatic rings.